The summed E-state index contributed by atoms with van der Waals surface area (Å²) in [5, 5.41) is 4.63. The summed E-state index contributed by atoms with van der Waals surface area (Å²) in [5.41, 5.74) is 3.25. The maximum absolute atomic E-state index is 13.6. The molecule has 0 saturated carbocycles. The first-order chi connectivity index (χ1) is 14.4. The van der Waals surface area contributed by atoms with Crippen LogP contribution in [0.15, 0.2) is 36.4 Å². The average molecular weight is 449 g/mol. The van der Waals surface area contributed by atoms with Crippen molar-refractivity contribution in [2.75, 3.05) is 26.2 Å². The molecule has 2 aliphatic rings. The third kappa shape index (κ3) is 4.51. The van der Waals surface area contributed by atoms with Gasteiger partial charge in [0.05, 0.1) is 6.42 Å². The van der Waals surface area contributed by atoms with E-state index in [0.717, 1.165) is 56.6 Å². The molecular formula is C24H27Cl2FN2O. The molecule has 2 heterocycles. The zero-order valence-electron chi connectivity index (χ0n) is 17.2. The summed E-state index contributed by atoms with van der Waals surface area (Å²) in [6.07, 6.45) is 3.34. The van der Waals surface area contributed by atoms with E-state index in [1.165, 1.54) is 5.56 Å². The lowest BCUT2D eigenvalue weighted by Crippen LogP contribution is -2.51. The van der Waals surface area contributed by atoms with Crippen LogP contribution < -0.4 is 5.32 Å². The predicted molar refractivity (Wildman–Crippen MR) is 120 cm³/mol. The fraction of sp³-hybridized carbons (Fsp3) is 0.458. The second-order valence-corrected chi connectivity index (χ2v) is 9.58. The Morgan fingerprint density at radius 2 is 1.83 bits per heavy atom. The van der Waals surface area contributed by atoms with Gasteiger partial charge in [-0.25, -0.2) is 4.39 Å². The lowest BCUT2D eigenvalue weighted by atomic mass is 9.62. The molecule has 2 aromatic rings. The topological polar surface area (TPSA) is 32.3 Å². The van der Waals surface area contributed by atoms with Gasteiger partial charge in [0, 0.05) is 35.6 Å². The van der Waals surface area contributed by atoms with Gasteiger partial charge in [0.2, 0.25) is 5.91 Å². The number of hydrogen-bond acceptors (Lipinski definition) is 2. The SMILES string of the molecule is Cc1cc(F)ccc1C1CNCCC12CCN(C(=O)Cc1cc(Cl)cc(Cl)c1)CC2. The Hall–Kier alpha value is -1.62. The number of benzene rings is 2. The number of likely N-dealkylation sites (tertiary alicyclic amines) is 1. The summed E-state index contributed by atoms with van der Waals surface area (Å²) in [4.78, 5) is 14.9. The second kappa shape index (κ2) is 8.86. The maximum Gasteiger partial charge on any atom is 0.226 e. The Kier molecular flexibility index (Phi) is 6.38. The van der Waals surface area contributed by atoms with Crippen molar-refractivity contribution in [1.82, 2.24) is 10.2 Å². The van der Waals surface area contributed by atoms with Gasteiger partial charge in [0.15, 0.2) is 0 Å². The van der Waals surface area contributed by atoms with Gasteiger partial charge in [-0.2, -0.15) is 0 Å². The van der Waals surface area contributed by atoms with E-state index in [4.69, 9.17) is 23.2 Å². The van der Waals surface area contributed by atoms with Crippen molar-refractivity contribution in [3.63, 3.8) is 0 Å². The van der Waals surface area contributed by atoms with Crippen LogP contribution in [0, 0.1) is 18.2 Å². The monoisotopic (exact) mass is 448 g/mol. The van der Waals surface area contributed by atoms with Crippen molar-refractivity contribution in [2.45, 2.75) is 38.5 Å². The Labute approximate surface area is 187 Å². The zero-order valence-corrected chi connectivity index (χ0v) is 18.7. The van der Waals surface area contributed by atoms with E-state index >= 15 is 0 Å². The molecule has 30 heavy (non-hydrogen) atoms. The van der Waals surface area contributed by atoms with Gasteiger partial charge in [0.1, 0.15) is 5.82 Å². The van der Waals surface area contributed by atoms with Crippen LogP contribution in [-0.2, 0) is 11.2 Å². The Morgan fingerprint density at radius 3 is 2.50 bits per heavy atom. The molecule has 0 aromatic heterocycles. The summed E-state index contributed by atoms with van der Waals surface area (Å²) in [5.74, 6) is 0.276. The van der Waals surface area contributed by atoms with E-state index in [9.17, 15) is 9.18 Å². The molecule has 0 radical (unpaired) electrons. The Balaban J connectivity index is 1.46. The highest BCUT2D eigenvalue weighted by atomic mass is 35.5. The highest BCUT2D eigenvalue weighted by Gasteiger charge is 2.44. The molecule has 1 spiro atoms. The molecule has 6 heteroatoms. The lowest BCUT2D eigenvalue weighted by molar-refractivity contribution is -0.133. The molecule has 2 fully saturated rings. The summed E-state index contributed by atoms with van der Waals surface area (Å²) >= 11 is 12.1. The normalized spacial score (nSPS) is 21.1. The molecule has 0 bridgehead atoms. The van der Waals surface area contributed by atoms with Gasteiger partial charge in [-0.1, -0.05) is 29.3 Å². The van der Waals surface area contributed by atoms with Crippen LogP contribution in [-0.4, -0.2) is 37.0 Å². The molecule has 1 amide bonds. The zero-order chi connectivity index (χ0) is 21.3. The van der Waals surface area contributed by atoms with Crippen molar-refractivity contribution >= 4 is 29.1 Å². The molecule has 2 saturated heterocycles. The number of nitrogens with one attached hydrogen (secondary N) is 1. The van der Waals surface area contributed by atoms with Crippen LogP contribution in [0.2, 0.25) is 10.0 Å². The highest BCUT2D eigenvalue weighted by molar-refractivity contribution is 6.34. The number of hydrogen-bond donors (Lipinski definition) is 1. The number of nitrogens with zero attached hydrogens (tertiary/aromatic N) is 1. The number of halogens is 3. The summed E-state index contributed by atoms with van der Waals surface area (Å²) < 4.78 is 13.6. The number of carbonyl (C=O) groups excluding carboxylic acids is 1. The minimum absolute atomic E-state index is 0.117. The van der Waals surface area contributed by atoms with E-state index < -0.39 is 0 Å². The van der Waals surface area contributed by atoms with Gasteiger partial charge < -0.3 is 10.2 Å². The molecule has 2 aliphatic heterocycles. The third-order valence-electron chi connectivity index (χ3n) is 6.88. The molecule has 0 aliphatic carbocycles. The standard InChI is InChI=1S/C24H27Cl2FN2O/c1-16-10-20(27)2-3-21(16)22-15-28-7-4-24(22)5-8-29(9-6-24)23(30)13-17-11-18(25)14-19(26)12-17/h2-3,10-12,14,22,28H,4-9,13,15H2,1H3. The van der Waals surface area contributed by atoms with E-state index in [0.29, 0.717) is 22.4 Å². The molecule has 1 unspecified atom stereocenters. The number of amides is 1. The first-order valence-electron chi connectivity index (χ1n) is 10.6. The molecule has 2 aromatic carbocycles. The highest BCUT2D eigenvalue weighted by Crippen LogP contribution is 2.49. The first kappa shape index (κ1) is 21.6. The predicted octanol–water partition coefficient (Wildman–Crippen LogP) is 5.37. The van der Waals surface area contributed by atoms with Gasteiger partial charge in [0.25, 0.3) is 0 Å². The fourth-order valence-electron chi connectivity index (χ4n) is 5.24. The number of piperidine rings is 2. The second-order valence-electron chi connectivity index (χ2n) is 8.71. The van der Waals surface area contributed by atoms with Crippen LogP contribution in [0.1, 0.15) is 41.9 Å². The van der Waals surface area contributed by atoms with Crippen LogP contribution in [0.4, 0.5) is 4.39 Å². The van der Waals surface area contributed by atoms with Crippen LogP contribution in [0.25, 0.3) is 0 Å². The van der Waals surface area contributed by atoms with Crippen LogP contribution >= 0.6 is 23.2 Å². The van der Waals surface area contributed by atoms with Gasteiger partial charge in [-0.05, 0) is 85.2 Å². The average Bonchev–Trinajstić information content (AvgIpc) is 2.69. The lowest BCUT2D eigenvalue weighted by Gasteiger charge is -2.50. The van der Waals surface area contributed by atoms with Crippen molar-refractivity contribution in [3.8, 4) is 0 Å². The summed E-state index contributed by atoms with van der Waals surface area (Å²) in [6.45, 7) is 5.40. The van der Waals surface area contributed by atoms with Crippen molar-refractivity contribution in [1.29, 1.82) is 0 Å². The van der Waals surface area contributed by atoms with Crippen molar-refractivity contribution in [3.05, 3.63) is 69.0 Å². The number of aryl methyl sites for hydroxylation is 1. The van der Waals surface area contributed by atoms with E-state index in [1.54, 1.807) is 30.3 Å². The smallest absolute Gasteiger partial charge is 0.226 e. The van der Waals surface area contributed by atoms with Crippen LogP contribution in [0.5, 0.6) is 0 Å². The molecule has 4 rings (SSSR count). The first-order valence-corrected chi connectivity index (χ1v) is 11.3. The van der Waals surface area contributed by atoms with Gasteiger partial charge in [-0.3, -0.25) is 4.79 Å². The Bertz CT molecular complexity index is 921. The molecule has 1 atom stereocenters. The van der Waals surface area contributed by atoms with Crippen molar-refractivity contribution in [2.24, 2.45) is 5.41 Å². The van der Waals surface area contributed by atoms with Gasteiger partial charge in [-0.15, -0.1) is 0 Å². The van der Waals surface area contributed by atoms with Crippen LogP contribution in [0.3, 0.4) is 0 Å². The minimum Gasteiger partial charge on any atom is -0.342 e. The number of carbonyl (C=O) groups is 1. The minimum atomic E-state index is -0.185. The largest absolute Gasteiger partial charge is 0.342 e. The quantitative estimate of drug-likeness (QED) is 0.684. The summed E-state index contributed by atoms with van der Waals surface area (Å²) in [6, 6.07) is 10.4. The summed E-state index contributed by atoms with van der Waals surface area (Å²) in [7, 11) is 0. The maximum atomic E-state index is 13.6. The molecule has 1 N–H and O–H groups in total. The van der Waals surface area contributed by atoms with E-state index in [2.05, 4.69) is 5.32 Å². The molecule has 160 valence electrons. The number of rotatable bonds is 3. The van der Waals surface area contributed by atoms with E-state index in [-0.39, 0.29) is 17.1 Å². The Morgan fingerprint density at radius 1 is 1.13 bits per heavy atom. The fourth-order valence-corrected chi connectivity index (χ4v) is 5.81. The molecular weight excluding hydrogens is 422 g/mol. The van der Waals surface area contributed by atoms with E-state index in [1.807, 2.05) is 17.9 Å². The van der Waals surface area contributed by atoms with Gasteiger partial charge >= 0.3 is 0 Å². The van der Waals surface area contributed by atoms with Crippen molar-refractivity contribution < 1.29 is 9.18 Å². The molecule has 3 nitrogen and oxygen atoms in total. The third-order valence-corrected chi connectivity index (χ3v) is 7.32.